The van der Waals surface area contributed by atoms with E-state index in [4.69, 9.17) is 23.8 Å². The van der Waals surface area contributed by atoms with E-state index in [1.54, 1.807) is 34.6 Å². The van der Waals surface area contributed by atoms with Gasteiger partial charge in [-0.25, -0.2) is 4.79 Å². The first-order valence-corrected chi connectivity index (χ1v) is 16.1. The zero-order chi connectivity index (χ0) is 35.1. The molecule has 0 aromatic heterocycles. The molecule has 3 aromatic rings. The van der Waals surface area contributed by atoms with E-state index in [2.05, 4.69) is 11.2 Å². The Morgan fingerprint density at radius 1 is 0.918 bits per heavy atom. The summed E-state index contributed by atoms with van der Waals surface area (Å²) in [5.41, 5.74) is -2.98. The molecule has 4 unspecified atom stereocenters. The molecule has 1 aliphatic rings. The molecule has 0 bridgehead atoms. The van der Waals surface area contributed by atoms with Crippen LogP contribution in [0, 0.1) is 22.2 Å². The number of carbonyl (C=O) groups is 4. The molecule has 1 heterocycles. The van der Waals surface area contributed by atoms with Crippen molar-refractivity contribution in [2.45, 2.75) is 73.8 Å². The summed E-state index contributed by atoms with van der Waals surface area (Å²) in [7, 11) is 1.27. The molecule has 0 aliphatic carbocycles. The molecular weight excluding hydrogens is 630 g/mol. The van der Waals surface area contributed by atoms with Gasteiger partial charge in [0.05, 0.1) is 42.1 Å². The summed E-state index contributed by atoms with van der Waals surface area (Å²) < 4.78 is 20.8. The molecule has 11 heteroatoms. The maximum atomic E-state index is 13.6. The summed E-state index contributed by atoms with van der Waals surface area (Å²) in [6.07, 6.45) is 1.38. The van der Waals surface area contributed by atoms with Crippen LogP contribution in [0.15, 0.2) is 59.8 Å². The Balaban J connectivity index is 0.00000650. The van der Waals surface area contributed by atoms with Crippen LogP contribution in [0.5, 0.6) is 0 Å². The molecule has 49 heavy (non-hydrogen) atoms. The number of epoxide rings is 1. The number of hydrogen-bond acceptors (Lipinski definition) is 11. The normalized spacial score (nSPS) is 17.3. The molecule has 0 amide bonds. The smallest absolute Gasteiger partial charge is 0.340 e. The maximum absolute atomic E-state index is 13.6. The van der Waals surface area contributed by atoms with E-state index in [0.717, 1.165) is 27.1 Å². The average molecular weight is 680 g/mol. The minimum absolute atomic E-state index is 0. The maximum Gasteiger partial charge on any atom is 0.340 e. The highest BCUT2D eigenvalue weighted by atomic mass is 16.7. The topological polar surface area (TPSA) is 150 Å². The van der Waals surface area contributed by atoms with Crippen LogP contribution in [-0.4, -0.2) is 68.4 Å². The molecule has 4 atom stereocenters. The standard InChI is InChI=1S/C37H45NO10.CH4/c1-7-36(4,33(42)44-6)22-37(5,34(43)46-21-27-20-45-27)18-26(31(40)47-23-39)17-35(2,3)32(41)48-38-19-30-28-14-10-8-12-24(28)16-25-13-9-11-15-29(25)30;/h8-16,19,26-27,39H,7,17-18,20-23H2,1-6H3;1H4/b38-19+;. The van der Waals surface area contributed by atoms with Crippen LogP contribution < -0.4 is 0 Å². The molecule has 3 aromatic carbocycles. The second-order valence-electron chi connectivity index (χ2n) is 13.6. The number of aliphatic hydroxyl groups excluding tert-OH is 1. The first kappa shape index (κ1) is 39.1. The summed E-state index contributed by atoms with van der Waals surface area (Å²) in [6.45, 7) is 7.92. The predicted molar refractivity (Wildman–Crippen MR) is 185 cm³/mol. The lowest BCUT2D eigenvalue weighted by Crippen LogP contribution is -2.43. The van der Waals surface area contributed by atoms with Crippen molar-refractivity contribution in [2.24, 2.45) is 27.3 Å². The Hall–Kier alpha value is -4.35. The van der Waals surface area contributed by atoms with E-state index >= 15 is 0 Å². The van der Waals surface area contributed by atoms with Gasteiger partial charge in [0.25, 0.3) is 0 Å². The van der Waals surface area contributed by atoms with E-state index < -0.39 is 52.8 Å². The van der Waals surface area contributed by atoms with Crippen LogP contribution in [0.3, 0.4) is 0 Å². The van der Waals surface area contributed by atoms with Crippen LogP contribution in [-0.2, 0) is 43.0 Å². The largest absolute Gasteiger partial charge is 0.469 e. The van der Waals surface area contributed by atoms with Gasteiger partial charge in [-0.15, -0.1) is 0 Å². The second kappa shape index (κ2) is 16.4. The van der Waals surface area contributed by atoms with Gasteiger partial charge < -0.3 is 28.9 Å². The lowest BCUT2D eigenvalue weighted by Gasteiger charge is -2.38. The summed E-state index contributed by atoms with van der Waals surface area (Å²) in [6, 6.07) is 17.8. The summed E-state index contributed by atoms with van der Waals surface area (Å²) >= 11 is 0. The zero-order valence-corrected chi connectivity index (χ0v) is 28.4. The molecule has 11 nitrogen and oxygen atoms in total. The number of hydrogen-bond donors (Lipinski definition) is 1. The number of aliphatic hydroxyl groups is 1. The summed E-state index contributed by atoms with van der Waals surface area (Å²) in [4.78, 5) is 58.6. The Morgan fingerprint density at radius 3 is 2.04 bits per heavy atom. The zero-order valence-electron chi connectivity index (χ0n) is 28.4. The van der Waals surface area contributed by atoms with Gasteiger partial charge in [-0.05, 0) is 81.0 Å². The van der Waals surface area contributed by atoms with Crippen molar-refractivity contribution in [1.29, 1.82) is 0 Å². The van der Waals surface area contributed by atoms with Gasteiger partial charge in [0, 0.05) is 5.56 Å². The van der Waals surface area contributed by atoms with Gasteiger partial charge in [-0.3, -0.25) is 14.4 Å². The van der Waals surface area contributed by atoms with Gasteiger partial charge in [0.2, 0.25) is 0 Å². The number of nitrogens with zero attached hydrogens (tertiary/aromatic N) is 1. The minimum atomic E-state index is -1.39. The lowest BCUT2D eigenvalue weighted by atomic mass is 9.66. The van der Waals surface area contributed by atoms with Crippen molar-refractivity contribution >= 4 is 51.6 Å². The van der Waals surface area contributed by atoms with Crippen molar-refractivity contribution < 1.29 is 48.1 Å². The number of oxime groups is 1. The Bertz CT molecular complexity index is 1630. The first-order valence-electron chi connectivity index (χ1n) is 16.1. The van der Waals surface area contributed by atoms with Crippen LogP contribution in [0.25, 0.3) is 21.5 Å². The highest BCUT2D eigenvalue weighted by Gasteiger charge is 2.49. The number of carbonyl (C=O) groups excluding carboxylic acids is 4. The molecule has 0 radical (unpaired) electrons. The monoisotopic (exact) mass is 679 g/mol. The van der Waals surface area contributed by atoms with Gasteiger partial charge >= 0.3 is 23.9 Å². The third-order valence-corrected chi connectivity index (χ3v) is 9.21. The van der Waals surface area contributed by atoms with E-state index in [0.29, 0.717) is 13.0 Å². The summed E-state index contributed by atoms with van der Waals surface area (Å²) in [5, 5.41) is 17.4. The van der Waals surface area contributed by atoms with E-state index in [1.165, 1.54) is 13.3 Å². The fourth-order valence-electron chi connectivity index (χ4n) is 6.29. The van der Waals surface area contributed by atoms with Crippen LogP contribution in [0.4, 0.5) is 0 Å². The van der Waals surface area contributed by atoms with E-state index in [-0.39, 0.29) is 39.4 Å². The Labute approximate surface area is 287 Å². The average Bonchev–Trinajstić information content (AvgIpc) is 3.90. The van der Waals surface area contributed by atoms with Crippen molar-refractivity contribution in [3.8, 4) is 0 Å². The fraction of sp³-hybridized carbons (Fsp3) is 0.500. The second-order valence-corrected chi connectivity index (χ2v) is 13.6. The van der Waals surface area contributed by atoms with Crippen molar-refractivity contribution in [1.82, 2.24) is 0 Å². The van der Waals surface area contributed by atoms with Crippen LogP contribution in [0.1, 0.15) is 73.3 Å². The minimum Gasteiger partial charge on any atom is -0.469 e. The third kappa shape index (κ3) is 9.42. The number of rotatable bonds is 16. The molecule has 266 valence electrons. The third-order valence-electron chi connectivity index (χ3n) is 9.21. The highest BCUT2D eigenvalue weighted by Crippen LogP contribution is 2.45. The fourth-order valence-corrected chi connectivity index (χ4v) is 6.29. The number of fused-ring (bicyclic) bond motifs is 2. The predicted octanol–water partition coefficient (Wildman–Crippen LogP) is 6.35. The molecule has 4 rings (SSSR count). The van der Waals surface area contributed by atoms with E-state index in [9.17, 15) is 24.3 Å². The van der Waals surface area contributed by atoms with Crippen LogP contribution in [0.2, 0.25) is 0 Å². The van der Waals surface area contributed by atoms with Gasteiger partial charge in [0.1, 0.15) is 12.7 Å². The Kier molecular flexibility index (Phi) is 13.1. The molecule has 1 aliphatic heterocycles. The van der Waals surface area contributed by atoms with Gasteiger partial charge in [-0.2, -0.15) is 0 Å². The Morgan fingerprint density at radius 2 is 1.51 bits per heavy atom. The molecule has 0 spiro atoms. The van der Waals surface area contributed by atoms with Crippen molar-refractivity contribution in [3.63, 3.8) is 0 Å². The van der Waals surface area contributed by atoms with Crippen LogP contribution >= 0.6 is 0 Å². The number of ether oxygens (including phenoxy) is 4. The summed E-state index contributed by atoms with van der Waals surface area (Å²) in [5.74, 6) is -3.74. The van der Waals surface area contributed by atoms with Gasteiger partial charge in [-0.1, -0.05) is 68.0 Å². The molecular formula is C38H49NO10. The van der Waals surface area contributed by atoms with E-state index in [1.807, 2.05) is 48.5 Å². The highest BCUT2D eigenvalue weighted by molar-refractivity contribution is 6.13. The molecule has 1 saturated heterocycles. The van der Waals surface area contributed by atoms with Gasteiger partial charge in [0.15, 0.2) is 6.79 Å². The number of benzene rings is 3. The van der Waals surface area contributed by atoms with Crippen molar-refractivity contribution in [3.05, 3.63) is 60.2 Å². The first-order chi connectivity index (χ1) is 22.8. The lowest BCUT2D eigenvalue weighted by molar-refractivity contribution is -0.168. The SMILES string of the molecule is C.CCC(C)(CC(C)(CC(CC(C)(C)C(=O)O/N=C/c1c2ccccc2cc2ccccc12)C(=O)OCO)C(=O)OCC1CO1)C(=O)OC. The molecule has 1 N–H and O–H groups in total. The number of esters is 3. The number of methoxy groups -OCH3 is 1. The quantitative estimate of drug-likeness (QED) is 0.0265. The molecule has 1 fully saturated rings. The molecule has 0 saturated carbocycles. The van der Waals surface area contributed by atoms with Crippen molar-refractivity contribution in [2.75, 3.05) is 27.1 Å².